The highest BCUT2D eigenvalue weighted by Gasteiger charge is 2.14. The molecule has 1 aromatic carbocycles. The minimum absolute atomic E-state index is 0.236. The molecule has 1 aromatic rings. The molecule has 0 saturated carbocycles. The van der Waals surface area contributed by atoms with Crippen LogP contribution in [0.2, 0.25) is 0 Å². The minimum atomic E-state index is 0.236. The van der Waals surface area contributed by atoms with Crippen LogP contribution in [0.4, 0.5) is 0 Å². The number of hydrogen-bond acceptors (Lipinski definition) is 6. The second-order valence-corrected chi connectivity index (χ2v) is 6.74. The fraction of sp³-hybridized carbons (Fsp3) is 0.632. The molecule has 140 valence electrons. The van der Waals surface area contributed by atoms with Crippen molar-refractivity contribution in [1.82, 2.24) is 15.2 Å². The molecule has 0 aromatic heterocycles. The summed E-state index contributed by atoms with van der Waals surface area (Å²) in [5.74, 6) is 5.70. The Morgan fingerprint density at radius 1 is 1.20 bits per heavy atom. The molecule has 25 heavy (non-hydrogen) atoms. The summed E-state index contributed by atoms with van der Waals surface area (Å²) in [6, 6.07) is 6.62. The van der Waals surface area contributed by atoms with Gasteiger partial charge in [-0.2, -0.15) is 0 Å². The first-order valence-corrected chi connectivity index (χ1v) is 9.25. The van der Waals surface area contributed by atoms with E-state index in [0.29, 0.717) is 6.29 Å². The third-order valence-electron chi connectivity index (χ3n) is 4.71. The van der Waals surface area contributed by atoms with Crippen LogP contribution in [-0.2, 0) is 17.8 Å². The molecule has 3 N–H and O–H groups in total. The Hall–Kier alpha value is -1.47. The summed E-state index contributed by atoms with van der Waals surface area (Å²) in [5.41, 5.74) is 5.08. The van der Waals surface area contributed by atoms with Gasteiger partial charge in [-0.05, 0) is 62.7 Å². The van der Waals surface area contributed by atoms with Gasteiger partial charge in [0.05, 0.1) is 6.54 Å². The number of piperidine rings is 1. The number of likely N-dealkylation sites (tertiary alicyclic amines) is 1. The number of aldehydes is 1. The van der Waals surface area contributed by atoms with Crippen LogP contribution >= 0.6 is 0 Å². The molecule has 3 rings (SSSR count). The maximum atomic E-state index is 9.26. The molecule has 0 amide bonds. The van der Waals surface area contributed by atoms with Gasteiger partial charge in [-0.25, -0.2) is 0 Å². The van der Waals surface area contributed by atoms with E-state index in [1.807, 2.05) is 0 Å². The number of likely N-dealkylation sites (N-methyl/N-ethyl adjacent to an activating group) is 1. The molecule has 6 heteroatoms. The number of benzene rings is 1. The van der Waals surface area contributed by atoms with Crippen molar-refractivity contribution in [3.8, 4) is 5.75 Å². The average Bonchev–Trinajstić information content (AvgIpc) is 2.64. The molecule has 0 aliphatic carbocycles. The summed E-state index contributed by atoms with van der Waals surface area (Å²) in [6.45, 7) is 6.85. The van der Waals surface area contributed by atoms with Crippen molar-refractivity contribution in [2.75, 3.05) is 46.4 Å². The van der Waals surface area contributed by atoms with Crippen molar-refractivity contribution >= 4 is 6.29 Å². The molecular formula is C19H32N4O2. The summed E-state index contributed by atoms with van der Waals surface area (Å²) in [4.78, 5) is 14.2. The Morgan fingerprint density at radius 3 is 2.68 bits per heavy atom. The minimum Gasteiger partial charge on any atom is -0.492 e. The van der Waals surface area contributed by atoms with Gasteiger partial charge >= 0.3 is 0 Å². The van der Waals surface area contributed by atoms with Crippen molar-refractivity contribution in [3.05, 3.63) is 29.3 Å². The summed E-state index contributed by atoms with van der Waals surface area (Å²) >= 11 is 0. The maximum absolute atomic E-state index is 9.26. The largest absolute Gasteiger partial charge is 0.492 e. The lowest BCUT2D eigenvalue weighted by Crippen LogP contribution is -2.33. The van der Waals surface area contributed by atoms with E-state index < -0.39 is 0 Å². The normalized spacial score (nSPS) is 18.0. The first kappa shape index (κ1) is 19.8. The highest BCUT2D eigenvalue weighted by atomic mass is 16.5. The quantitative estimate of drug-likeness (QED) is 0.457. The summed E-state index contributed by atoms with van der Waals surface area (Å²) in [6.07, 6.45) is 5.95. The van der Waals surface area contributed by atoms with Crippen LogP contribution in [0, 0.1) is 0 Å². The van der Waals surface area contributed by atoms with Gasteiger partial charge in [-0.15, -0.1) is 0 Å². The zero-order valence-corrected chi connectivity index (χ0v) is 15.4. The number of fused-ring (bicyclic) bond motifs is 1. The SMILES string of the molecule is CN1CCc2cc(OCCN3CCCCC3)ccc2C1.NNCC=O. The van der Waals surface area contributed by atoms with Crippen LogP contribution in [0.1, 0.15) is 30.4 Å². The molecule has 0 unspecified atom stereocenters. The number of nitrogens with two attached hydrogens (primary N) is 1. The lowest BCUT2D eigenvalue weighted by atomic mass is 10.00. The zero-order valence-electron chi connectivity index (χ0n) is 15.4. The molecule has 1 saturated heterocycles. The van der Waals surface area contributed by atoms with Crippen molar-refractivity contribution in [2.45, 2.75) is 32.2 Å². The molecule has 2 heterocycles. The smallest absolute Gasteiger partial charge is 0.135 e. The van der Waals surface area contributed by atoms with Crippen molar-refractivity contribution < 1.29 is 9.53 Å². The molecule has 0 bridgehead atoms. The lowest BCUT2D eigenvalue weighted by Gasteiger charge is -2.27. The highest BCUT2D eigenvalue weighted by molar-refractivity contribution is 5.51. The molecule has 2 aliphatic rings. The van der Waals surface area contributed by atoms with E-state index in [0.717, 1.165) is 38.4 Å². The third-order valence-corrected chi connectivity index (χ3v) is 4.71. The average molecular weight is 348 g/mol. The van der Waals surface area contributed by atoms with E-state index in [-0.39, 0.29) is 6.54 Å². The number of nitrogens with one attached hydrogen (secondary N) is 1. The topological polar surface area (TPSA) is 70.8 Å². The fourth-order valence-electron chi connectivity index (χ4n) is 3.28. The Balaban J connectivity index is 0.000000399. The molecule has 0 atom stereocenters. The Morgan fingerprint density at radius 2 is 2.00 bits per heavy atom. The monoisotopic (exact) mass is 348 g/mol. The number of rotatable bonds is 6. The van der Waals surface area contributed by atoms with Crippen LogP contribution in [0.5, 0.6) is 5.75 Å². The lowest BCUT2D eigenvalue weighted by molar-refractivity contribution is -0.107. The molecule has 0 radical (unpaired) electrons. The molecule has 6 nitrogen and oxygen atoms in total. The highest BCUT2D eigenvalue weighted by Crippen LogP contribution is 2.23. The van der Waals surface area contributed by atoms with Gasteiger partial charge in [0.25, 0.3) is 0 Å². The summed E-state index contributed by atoms with van der Waals surface area (Å²) < 4.78 is 5.95. The molecule has 0 spiro atoms. The van der Waals surface area contributed by atoms with Crippen LogP contribution in [0.3, 0.4) is 0 Å². The number of carbonyl (C=O) groups excluding carboxylic acids is 1. The van der Waals surface area contributed by atoms with Crippen LogP contribution < -0.4 is 16.0 Å². The predicted octanol–water partition coefficient (Wildman–Crippen LogP) is 1.19. The van der Waals surface area contributed by atoms with E-state index in [2.05, 4.69) is 46.3 Å². The first-order chi connectivity index (χ1) is 12.2. The number of hydrazine groups is 1. The fourth-order valence-corrected chi connectivity index (χ4v) is 3.28. The van der Waals surface area contributed by atoms with E-state index >= 15 is 0 Å². The van der Waals surface area contributed by atoms with Gasteiger partial charge in [0.2, 0.25) is 0 Å². The van der Waals surface area contributed by atoms with Crippen LogP contribution in [0.25, 0.3) is 0 Å². The van der Waals surface area contributed by atoms with Crippen molar-refractivity contribution in [2.24, 2.45) is 5.84 Å². The number of nitrogens with zero attached hydrogens (tertiary/aromatic N) is 2. The molecule has 2 aliphatic heterocycles. The van der Waals surface area contributed by atoms with Gasteiger partial charge in [0.15, 0.2) is 0 Å². The van der Waals surface area contributed by atoms with E-state index in [9.17, 15) is 4.79 Å². The van der Waals surface area contributed by atoms with E-state index in [1.165, 1.54) is 43.5 Å². The summed E-state index contributed by atoms with van der Waals surface area (Å²) in [5, 5.41) is 0. The van der Waals surface area contributed by atoms with E-state index in [1.54, 1.807) is 0 Å². The first-order valence-electron chi connectivity index (χ1n) is 9.25. The number of ether oxygens (including phenoxy) is 1. The maximum Gasteiger partial charge on any atom is 0.135 e. The van der Waals surface area contributed by atoms with E-state index in [4.69, 9.17) is 4.74 Å². The Bertz CT molecular complexity index is 518. The second kappa shape index (κ2) is 11.2. The second-order valence-electron chi connectivity index (χ2n) is 6.74. The Labute approximate surface area is 151 Å². The Kier molecular flexibility index (Phi) is 8.90. The molecule has 1 fully saturated rings. The van der Waals surface area contributed by atoms with Crippen LogP contribution in [-0.4, -0.2) is 62.5 Å². The van der Waals surface area contributed by atoms with Gasteiger partial charge < -0.3 is 14.4 Å². The van der Waals surface area contributed by atoms with Gasteiger partial charge in [-0.1, -0.05) is 12.5 Å². The van der Waals surface area contributed by atoms with Gasteiger partial charge in [0, 0.05) is 19.6 Å². The standard InChI is InChI=1S/C17H26N2O.C2H6N2O/c1-18-10-7-15-13-17(6-5-16(15)14-18)20-12-11-19-8-3-2-4-9-19;3-4-1-2-5/h5-6,13H,2-4,7-12,14H2,1H3;2,4H,1,3H2. The summed E-state index contributed by atoms with van der Waals surface area (Å²) in [7, 11) is 2.19. The molecular weight excluding hydrogens is 316 g/mol. The van der Waals surface area contributed by atoms with Crippen LogP contribution in [0.15, 0.2) is 18.2 Å². The zero-order chi connectivity index (χ0) is 17.9. The third kappa shape index (κ3) is 7.12. The number of hydrogen-bond donors (Lipinski definition) is 2. The van der Waals surface area contributed by atoms with Gasteiger partial charge in [0.1, 0.15) is 18.6 Å². The van der Waals surface area contributed by atoms with Crippen molar-refractivity contribution in [3.63, 3.8) is 0 Å². The predicted molar refractivity (Wildman–Crippen MR) is 101 cm³/mol. The van der Waals surface area contributed by atoms with Gasteiger partial charge in [-0.3, -0.25) is 16.2 Å². The number of carbonyl (C=O) groups is 1. The van der Waals surface area contributed by atoms with Crippen molar-refractivity contribution in [1.29, 1.82) is 0 Å².